The van der Waals surface area contributed by atoms with Gasteiger partial charge in [-0.05, 0) is 25.7 Å². The van der Waals surface area contributed by atoms with Crippen molar-refractivity contribution >= 4 is 17.6 Å². The Morgan fingerprint density at radius 2 is 2.15 bits per heavy atom. The van der Waals surface area contributed by atoms with Gasteiger partial charge in [-0.25, -0.2) is 4.98 Å². The number of allylic oxidation sites excluding steroid dienone is 1. The van der Waals surface area contributed by atoms with Crippen LogP contribution in [-0.4, -0.2) is 36.9 Å². The Kier molecular flexibility index (Phi) is 4.22. The summed E-state index contributed by atoms with van der Waals surface area (Å²) in [6.07, 6.45) is 5.01. The van der Waals surface area contributed by atoms with E-state index in [1.807, 2.05) is 25.9 Å². The van der Waals surface area contributed by atoms with Crippen molar-refractivity contribution < 1.29 is 4.74 Å². The zero-order chi connectivity index (χ0) is 14.7. The second-order valence-electron chi connectivity index (χ2n) is 5.19. The minimum absolute atomic E-state index is 0.508. The van der Waals surface area contributed by atoms with Crippen LogP contribution in [0.15, 0.2) is 6.20 Å². The highest BCUT2D eigenvalue weighted by atomic mass is 16.5. The molecule has 6 heteroatoms. The lowest BCUT2D eigenvalue weighted by molar-refractivity contribution is 0.286. The van der Waals surface area contributed by atoms with E-state index >= 15 is 0 Å². The van der Waals surface area contributed by atoms with Gasteiger partial charge in [-0.15, -0.1) is 0 Å². The lowest BCUT2D eigenvalue weighted by Crippen LogP contribution is -2.17. The Hall–Kier alpha value is -2.11. The van der Waals surface area contributed by atoms with Gasteiger partial charge in [0.2, 0.25) is 5.88 Å². The lowest BCUT2D eigenvalue weighted by atomic mass is 10.1. The first-order valence-electron chi connectivity index (χ1n) is 6.68. The van der Waals surface area contributed by atoms with Gasteiger partial charge in [0, 0.05) is 32.1 Å². The van der Waals surface area contributed by atoms with E-state index in [2.05, 4.69) is 9.97 Å². The molecule has 108 valence electrons. The highest BCUT2D eigenvalue weighted by Crippen LogP contribution is 2.34. The van der Waals surface area contributed by atoms with Gasteiger partial charge in [0.1, 0.15) is 11.6 Å². The van der Waals surface area contributed by atoms with E-state index in [9.17, 15) is 0 Å². The molecular formula is C14H21N5O. The zero-order valence-corrected chi connectivity index (χ0v) is 12.2. The van der Waals surface area contributed by atoms with Crippen LogP contribution in [0.2, 0.25) is 0 Å². The van der Waals surface area contributed by atoms with Crippen molar-refractivity contribution in [2.45, 2.75) is 19.8 Å². The number of aromatic nitrogens is 2. The van der Waals surface area contributed by atoms with Gasteiger partial charge < -0.3 is 20.8 Å². The molecule has 0 amide bonds. The van der Waals surface area contributed by atoms with Crippen molar-refractivity contribution in [1.29, 1.82) is 5.41 Å². The van der Waals surface area contributed by atoms with Crippen molar-refractivity contribution in [3.8, 4) is 5.88 Å². The molecule has 1 aliphatic carbocycles. The number of aryl methyl sites for hydroxylation is 1. The fourth-order valence-electron chi connectivity index (χ4n) is 1.90. The second-order valence-corrected chi connectivity index (χ2v) is 5.19. The van der Waals surface area contributed by atoms with Gasteiger partial charge in [0.15, 0.2) is 0 Å². The second kappa shape index (κ2) is 5.90. The highest BCUT2D eigenvalue weighted by Gasteiger charge is 2.24. The number of nitrogens with zero attached hydrogens (tertiary/aromatic N) is 3. The first-order valence-corrected chi connectivity index (χ1v) is 6.68. The molecule has 2 rings (SSSR count). The molecule has 0 radical (unpaired) electrons. The van der Waals surface area contributed by atoms with Gasteiger partial charge >= 0.3 is 0 Å². The van der Waals surface area contributed by atoms with Crippen LogP contribution in [0.4, 0.5) is 5.82 Å². The van der Waals surface area contributed by atoms with Crippen LogP contribution >= 0.6 is 0 Å². The van der Waals surface area contributed by atoms with Crippen LogP contribution in [0.25, 0.3) is 5.57 Å². The maximum absolute atomic E-state index is 7.51. The van der Waals surface area contributed by atoms with E-state index in [1.165, 1.54) is 25.3 Å². The normalized spacial score (nSPS) is 15.1. The Balaban J connectivity index is 2.47. The first kappa shape index (κ1) is 14.3. The van der Waals surface area contributed by atoms with Crippen molar-refractivity contribution in [3.05, 3.63) is 17.6 Å². The van der Waals surface area contributed by atoms with E-state index in [0.717, 1.165) is 0 Å². The lowest BCUT2D eigenvalue weighted by Gasteiger charge is -2.19. The van der Waals surface area contributed by atoms with Gasteiger partial charge in [-0.2, -0.15) is 4.98 Å². The Morgan fingerprint density at radius 3 is 2.65 bits per heavy atom. The molecule has 1 aliphatic rings. The molecule has 0 atom stereocenters. The monoisotopic (exact) mass is 275 g/mol. The molecule has 1 saturated carbocycles. The average Bonchev–Trinajstić information content (AvgIpc) is 3.23. The summed E-state index contributed by atoms with van der Waals surface area (Å²) in [6, 6.07) is 0. The summed E-state index contributed by atoms with van der Waals surface area (Å²) in [5.74, 6) is 2.49. The zero-order valence-electron chi connectivity index (χ0n) is 12.2. The molecule has 0 bridgehead atoms. The predicted molar refractivity (Wildman–Crippen MR) is 80.3 cm³/mol. The van der Waals surface area contributed by atoms with Crippen LogP contribution in [0.3, 0.4) is 0 Å². The summed E-state index contributed by atoms with van der Waals surface area (Å²) in [5, 5.41) is 7.51. The predicted octanol–water partition coefficient (Wildman–Crippen LogP) is 1.59. The van der Waals surface area contributed by atoms with Crippen LogP contribution in [-0.2, 0) is 0 Å². The minimum atomic E-state index is 0.508. The maximum atomic E-state index is 7.51. The molecule has 6 nitrogen and oxygen atoms in total. The van der Waals surface area contributed by atoms with Crippen molar-refractivity contribution in [2.24, 2.45) is 11.7 Å². The minimum Gasteiger partial charge on any atom is -0.477 e. The summed E-state index contributed by atoms with van der Waals surface area (Å²) >= 11 is 0. The van der Waals surface area contributed by atoms with Gasteiger partial charge in [0.25, 0.3) is 0 Å². The van der Waals surface area contributed by atoms with Crippen LogP contribution in [0, 0.1) is 18.3 Å². The standard InChI is InChI=1S/C14H21N5O/c1-9-17-13(19(2)3)12(11(6-15)7-16)14(18-9)20-8-10-4-5-10/h6-7,10,15H,4-5,8,16H2,1-3H3/b11-7+,15-6?. The summed E-state index contributed by atoms with van der Waals surface area (Å²) in [6.45, 7) is 2.49. The molecule has 0 spiro atoms. The first-order chi connectivity index (χ1) is 9.56. The molecule has 1 aromatic rings. The number of nitrogens with two attached hydrogens (primary N) is 1. The van der Waals surface area contributed by atoms with Crippen molar-refractivity contribution in [1.82, 2.24) is 9.97 Å². The van der Waals surface area contributed by atoms with Gasteiger partial charge in [-0.1, -0.05) is 0 Å². The van der Waals surface area contributed by atoms with E-state index in [4.69, 9.17) is 15.9 Å². The molecule has 1 aromatic heterocycles. The molecular weight excluding hydrogens is 254 g/mol. The highest BCUT2D eigenvalue weighted by molar-refractivity contribution is 6.11. The number of rotatable bonds is 6. The average molecular weight is 275 g/mol. The smallest absolute Gasteiger partial charge is 0.227 e. The molecule has 0 saturated heterocycles. The number of hydrogen-bond acceptors (Lipinski definition) is 6. The Bertz CT molecular complexity index is 535. The summed E-state index contributed by atoms with van der Waals surface area (Å²) in [4.78, 5) is 10.7. The van der Waals surface area contributed by atoms with Crippen LogP contribution < -0.4 is 15.4 Å². The third kappa shape index (κ3) is 3.07. The molecule has 1 heterocycles. The van der Waals surface area contributed by atoms with Gasteiger partial charge in [-0.3, -0.25) is 0 Å². The summed E-state index contributed by atoms with van der Waals surface area (Å²) in [7, 11) is 3.79. The van der Waals surface area contributed by atoms with E-state index in [-0.39, 0.29) is 0 Å². The van der Waals surface area contributed by atoms with Gasteiger partial charge in [0.05, 0.1) is 12.2 Å². The van der Waals surface area contributed by atoms with Crippen molar-refractivity contribution in [2.75, 3.05) is 25.6 Å². The number of anilines is 1. The number of hydrogen-bond donors (Lipinski definition) is 2. The topological polar surface area (TPSA) is 88.1 Å². The molecule has 0 unspecified atom stereocenters. The van der Waals surface area contributed by atoms with Crippen LogP contribution in [0.1, 0.15) is 24.2 Å². The third-order valence-corrected chi connectivity index (χ3v) is 3.17. The molecule has 20 heavy (non-hydrogen) atoms. The Morgan fingerprint density at radius 1 is 1.45 bits per heavy atom. The van der Waals surface area contributed by atoms with Crippen molar-refractivity contribution in [3.63, 3.8) is 0 Å². The van der Waals surface area contributed by atoms with E-state index < -0.39 is 0 Å². The summed E-state index contributed by atoms with van der Waals surface area (Å²) < 4.78 is 5.84. The summed E-state index contributed by atoms with van der Waals surface area (Å²) in [5.41, 5.74) is 6.85. The van der Waals surface area contributed by atoms with E-state index in [1.54, 1.807) is 0 Å². The molecule has 0 aromatic carbocycles. The fraction of sp³-hybridized carbons (Fsp3) is 0.500. The largest absolute Gasteiger partial charge is 0.477 e. The quantitative estimate of drug-likeness (QED) is 0.770. The molecule has 3 N–H and O–H groups in total. The molecule has 1 fully saturated rings. The third-order valence-electron chi connectivity index (χ3n) is 3.17. The van der Waals surface area contributed by atoms with E-state index in [0.29, 0.717) is 41.2 Å². The Labute approximate surface area is 119 Å². The molecule has 0 aliphatic heterocycles. The number of ether oxygens (including phenoxy) is 1. The maximum Gasteiger partial charge on any atom is 0.227 e. The SMILES string of the molecule is Cc1nc(OCC2CC2)c(/C(C=N)=C/N)c(N(C)C)n1. The number of nitrogens with one attached hydrogen (secondary N) is 1. The fourth-order valence-corrected chi connectivity index (χ4v) is 1.90. The van der Waals surface area contributed by atoms with Crippen LogP contribution in [0.5, 0.6) is 5.88 Å².